The van der Waals surface area contributed by atoms with E-state index in [0.717, 1.165) is 47.4 Å². The smallest absolute Gasteiger partial charge is 0.275 e. The quantitative estimate of drug-likeness (QED) is 0.0883. The maximum atomic E-state index is 14.9. The third-order valence-electron chi connectivity index (χ3n) is 6.77. The third kappa shape index (κ3) is 9.17. The first kappa shape index (κ1) is 35.0. The summed E-state index contributed by atoms with van der Waals surface area (Å²) in [5.74, 6) is -0.347. The molecule has 3 rings (SSSR count). The fourth-order valence-corrected chi connectivity index (χ4v) is 4.30. The van der Waals surface area contributed by atoms with Crippen molar-refractivity contribution < 1.29 is 13.7 Å². The summed E-state index contributed by atoms with van der Waals surface area (Å²) in [4.78, 5) is 21.2. The Hall–Kier alpha value is -4.15. The van der Waals surface area contributed by atoms with Crippen LogP contribution in [0.3, 0.4) is 0 Å². The molecule has 0 saturated heterocycles. The van der Waals surface area contributed by atoms with Gasteiger partial charge in [-0.15, -0.1) is 0 Å². The standard InChI is InChI=1S/C30H39F2N7O2.C2H6/c1-9-18(5)27(25(10-2)33-16-17(3)4)28(21-11-12-21)30(35-26-13-19(6)36-37-26)34-20(7)38(8)29-23(31)14-22(39(40)41)15-24(29)32;1-2/h10,13-17,21H,9,11-12H2,1-8H3,(H2,35,36,37);1-2H3/b25-10-,27-18+,30-28+,33-16?,34-20+;. The number of nitro benzene ring substituents is 1. The highest BCUT2D eigenvalue weighted by atomic mass is 19.1. The number of aromatic amines is 1. The van der Waals surface area contributed by atoms with Gasteiger partial charge in [0.05, 0.1) is 22.8 Å². The number of benzene rings is 1. The van der Waals surface area contributed by atoms with Crippen LogP contribution in [0.25, 0.3) is 0 Å². The summed E-state index contributed by atoms with van der Waals surface area (Å²) in [6.07, 6.45) is 6.60. The molecule has 0 amide bonds. The van der Waals surface area contributed by atoms with Gasteiger partial charge in [0.2, 0.25) is 0 Å². The number of non-ortho nitro benzene ring substituents is 1. The van der Waals surface area contributed by atoms with Crippen LogP contribution in [0.5, 0.6) is 0 Å². The molecule has 1 aliphatic carbocycles. The van der Waals surface area contributed by atoms with E-state index in [4.69, 9.17) is 9.98 Å². The maximum Gasteiger partial charge on any atom is 0.275 e. The number of rotatable bonds is 11. The van der Waals surface area contributed by atoms with Gasteiger partial charge in [0, 0.05) is 36.2 Å². The van der Waals surface area contributed by atoms with Gasteiger partial charge in [0.1, 0.15) is 17.3 Å². The lowest BCUT2D eigenvalue weighted by molar-refractivity contribution is -0.385. The molecule has 1 saturated carbocycles. The minimum absolute atomic E-state index is 0.202. The number of nitrogens with zero attached hydrogens (tertiary/aromatic N) is 5. The molecule has 234 valence electrons. The van der Waals surface area contributed by atoms with Crippen LogP contribution in [-0.4, -0.2) is 34.2 Å². The van der Waals surface area contributed by atoms with Crippen LogP contribution >= 0.6 is 0 Å². The Morgan fingerprint density at radius 2 is 1.84 bits per heavy atom. The second kappa shape index (κ2) is 15.9. The number of nitro groups is 1. The number of hydrogen-bond donors (Lipinski definition) is 2. The van der Waals surface area contributed by atoms with E-state index in [-0.39, 0.29) is 17.7 Å². The highest BCUT2D eigenvalue weighted by Gasteiger charge is 2.34. The van der Waals surface area contributed by atoms with Gasteiger partial charge < -0.3 is 10.2 Å². The van der Waals surface area contributed by atoms with E-state index >= 15 is 0 Å². The normalized spacial score (nSPS) is 15.2. The average Bonchev–Trinajstić information content (AvgIpc) is 3.72. The van der Waals surface area contributed by atoms with E-state index in [0.29, 0.717) is 23.8 Å². The van der Waals surface area contributed by atoms with Crippen LogP contribution in [0, 0.1) is 40.5 Å². The molecule has 0 radical (unpaired) electrons. The van der Waals surface area contributed by atoms with E-state index in [1.165, 1.54) is 11.9 Å². The Morgan fingerprint density at radius 3 is 2.28 bits per heavy atom. The molecule has 0 unspecified atom stereocenters. The number of aromatic nitrogens is 2. The largest absolute Gasteiger partial charge is 0.328 e. The Kier molecular flexibility index (Phi) is 13.0. The SMILES string of the molecule is C/C=C(N=CC(C)C)/C(=C(/C)CC)C(=C(\N=C(/C)N(C)c1c(F)cc([N+](=O)[O-])cc1F)Nc1cc(C)[nH]n1)/C1CC1.CC. The van der Waals surface area contributed by atoms with Crippen LogP contribution in [0.4, 0.5) is 26.0 Å². The van der Waals surface area contributed by atoms with Gasteiger partial charge in [-0.1, -0.05) is 46.3 Å². The number of aliphatic imine (C=N–C) groups is 2. The van der Waals surface area contributed by atoms with Crippen molar-refractivity contribution in [2.24, 2.45) is 21.8 Å². The molecular formula is C32H45F2N7O2. The van der Waals surface area contributed by atoms with E-state index in [1.54, 1.807) is 6.92 Å². The molecule has 0 spiro atoms. The second-order valence-electron chi connectivity index (χ2n) is 10.5. The summed E-state index contributed by atoms with van der Waals surface area (Å²) in [6.45, 7) is 17.8. The van der Waals surface area contributed by atoms with Crippen molar-refractivity contribution >= 4 is 29.2 Å². The van der Waals surface area contributed by atoms with Crippen LogP contribution in [-0.2, 0) is 0 Å². The van der Waals surface area contributed by atoms with Crippen LogP contribution < -0.4 is 10.2 Å². The number of amidine groups is 1. The number of allylic oxidation sites excluding steroid dienone is 3. The second-order valence-corrected chi connectivity index (χ2v) is 10.5. The summed E-state index contributed by atoms with van der Waals surface area (Å²) < 4.78 is 29.9. The topological polar surface area (TPSA) is 112 Å². The van der Waals surface area contributed by atoms with Crippen molar-refractivity contribution in [3.63, 3.8) is 0 Å². The molecule has 1 aliphatic rings. The predicted octanol–water partition coefficient (Wildman–Crippen LogP) is 8.88. The van der Waals surface area contributed by atoms with Crippen molar-refractivity contribution in [3.05, 3.63) is 80.0 Å². The van der Waals surface area contributed by atoms with E-state index in [9.17, 15) is 18.9 Å². The zero-order chi connectivity index (χ0) is 32.4. The summed E-state index contributed by atoms with van der Waals surface area (Å²) >= 11 is 0. The number of H-pyrrole nitrogens is 1. The molecule has 2 aromatic rings. The molecule has 1 aromatic carbocycles. The number of halogens is 2. The van der Waals surface area contributed by atoms with Crippen molar-refractivity contribution in [2.45, 2.75) is 81.6 Å². The number of aryl methyl sites for hydroxylation is 1. The number of hydrogen-bond acceptors (Lipinski definition) is 6. The molecule has 9 nitrogen and oxygen atoms in total. The molecule has 1 heterocycles. The number of anilines is 2. The third-order valence-corrected chi connectivity index (χ3v) is 6.77. The zero-order valence-electron chi connectivity index (χ0n) is 27.0. The van der Waals surface area contributed by atoms with Gasteiger partial charge in [0.25, 0.3) is 5.69 Å². The van der Waals surface area contributed by atoms with E-state index in [2.05, 4.69) is 43.2 Å². The first-order valence-electron chi connectivity index (χ1n) is 14.7. The Bertz CT molecular complexity index is 1420. The minimum atomic E-state index is -1.06. The Labute approximate surface area is 253 Å². The van der Waals surface area contributed by atoms with Crippen molar-refractivity contribution in [2.75, 3.05) is 17.3 Å². The molecule has 0 bridgehead atoms. The highest BCUT2D eigenvalue weighted by molar-refractivity contribution is 5.96. The first-order valence-corrected chi connectivity index (χ1v) is 14.7. The van der Waals surface area contributed by atoms with Crippen LogP contribution in [0.1, 0.15) is 80.3 Å². The zero-order valence-corrected chi connectivity index (χ0v) is 27.0. The monoisotopic (exact) mass is 597 g/mol. The van der Waals surface area contributed by atoms with Gasteiger partial charge in [-0.25, -0.2) is 13.8 Å². The highest BCUT2D eigenvalue weighted by Crippen LogP contribution is 2.45. The summed E-state index contributed by atoms with van der Waals surface area (Å²) in [6, 6.07) is 3.25. The van der Waals surface area contributed by atoms with Crippen molar-refractivity contribution in [3.8, 4) is 0 Å². The summed E-state index contributed by atoms with van der Waals surface area (Å²) in [5, 5.41) is 21.7. The van der Waals surface area contributed by atoms with Gasteiger partial charge in [-0.3, -0.25) is 20.2 Å². The Morgan fingerprint density at radius 1 is 1.23 bits per heavy atom. The van der Waals surface area contributed by atoms with Crippen molar-refractivity contribution in [1.29, 1.82) is 0 Å². The van der Waals surface area contributed by atoms with Crippen LogP contribution in [0.2, 0.25) is 0 Å². The van der Waals surface area contributed by atoms with Crippen LogP contribution in [0.15, 0.2) is 62.5 Å². The van der Waals surface area contributed by atoms with Gasteiger partial charge in [-0.2, -0.15) is 5.10 Å². The van der Waals surface area contributed by atoms with Gasteiger partial charge >= 0.3 is 0 Å². The fraction of sp³-hybridized carbons (Fsp3) is 0.469. The average molecular weight is 598 g/mol. The molecule has 1 fully saturated rings. The molecule has 43 heavy (non-hydrogen) atoms. The molecule has 0 atom stereocenters. The lowest BCUT2D eigenvalue weighted by Crippen LogP contribution is -2.26. The molecule has 0 aliphatic heterocycles. The van der Waals surface area contributed by atoms with E-state index < -0.39 is 27.9 Å². The minimum Gasteiger partial charge on any atom is -0.328 e. The van der Waals surface area contributed by atoms with Gasteiger partial charge in [0.15, 0.2) is 17.5 Å². The molecule has 1 aromatic heterocycles. The predicted molar refractivity (Wildman–Crippen MR) is 173 cm³/mol. The lowest BCUT2D eigenvalue weighted by Gasteiger charge is -2.23. The van der Waals surface area contributed by atoms with Crippen molar-refractivity contribution in [1.82, 2.24) is 10.2 Å². The lowest BCUT2D eigenvalue weighted by atomic mass is 9.92. The van der Waals surface area contributed by atoms with E-state index in [1.807, 2.05) is 46.1 Å². The summed E-state index contributed by atoms with van der Waals surface area (Å²) in [7, 11) is 1.47. The van der Waals surface area contributed by atoms with Gasteiger partial charge in [-0.05, 0) is 58.8 Å². The molecule has 2 N–H and O–H groups in total. The molecule has 11 heteroatoms. The fourth-order valence-electron chi connectivity index (χ4n) is 4.30. The molecular weight excluding hydrogens is 552 g/mol. The summed E-state index contributed by atoms with van der Waals surface area (Å²) in [5.41, 5.74) is 3.65. The first-order chi connectivity index (χ1) is 20.4. The maximum absolute atomic E-state index is 14.9. The number of nitrogens with one attached hydrogen (secondary N) is 2. The Balaban J connectivity index is 0.00000316.